The first-order valence-corrected chi connectivity index (χ1v) is 7.06. The second-order valence-corrected chi connectivity index (χ2v) is 5.06. The van der Waals surface area contributed by atoms with E-state index in [-0.39, 0.29) is 5.82 Å². The maximum atomic E-state index is 13.1. The van der Waals surface area contributed by atoms with E-state index < -0.39 is 0 Å². The molecule has 0 aliphatic heterocycles. The summed E-state index contributed by atoms with van der Waals surface area (Å²) in [5.41, 5.74) is 2.90. The van der Waals surface area contributed by atoms with Gasteiger partial charge in [-0.1, -0.05) is 35.5 Å². The number of aryl methyl sites for hydroxylation is 1. The van der Waals surface area contributed by atoms with E-state index in [2.05, 4.69) is 15.5 Å². The maximum Gasteiger partial charge on any atom is 0.258 e. The van der Waals surface area contributed by atoms with Crippen LogP contribution in [0.15, 0.2) is 53.1 Å². The zero-order chi connectivity index (χ0) is 15.4. The summed E-state index contributed by atoms with van der Waals surface area (Å²) >= 11 is 0. The van der Waals surface area contributed by atoms with Gasteiger partial charge in [-0.3, -0.25) is 0 Å². The third-order valence-corrected chi connectivity index (χ3v) is 3.34. The van der Waals surface area contributed by atoms with Gasteiger partial charge in [0.1, 0.15) is 5.82 Å². The molecule has 0 spiro atoms. The molecule has 1 aromatic heterocycles. The highest BCUT2D eigenvalue weighted by Gasteiger charge is 2.10. The normalized spacial score (nSPS) is 10.8. The van der Waals surface area contributed by atoms with Crippen molar-refractivity contribution in [2.45, 2.75) is 20.0 Å². The van der Waals surface area contributed by atoms with Crippen LogP contribution in [-0.2, 0) is 13.1 Å². The van der Waals surface area contributed by atoms with E-state index in [1.165, 1.54) is 12.1 Å². The van der Waals surface area contributed by atoms with Gasteiger partial charge in [-0.05, 0) is 36.2 Å². The highest BCUT2D eigenvalue weighted by atomic mass is 19.1. The second kappa shape index (κ2) is 6.49. The van der Waals surface area contributed by atoms with Gasteiger partial charge >= 0.3 is 0 Å². The number of halogens is 1. The van der Waals surface area contributed by atoms with Crippen molar-refractivity contribution >= 4 is 0 Å². The molecule has 5 heteroatoms. The molecule has 0 amide bonds. The molecule has 1 heterocycles. The van der Waals surface area contributed by atoms with Gasteiger partial charge in [0, 0.05) is 12.1 Å². The van der Waals surface area contributed by atoms with E-state index in [0.717, 1.165) is 16.7 Å². The summed E-state index contributed by atoms with van der Waals surface area (Å²) in [4.78, 5) is 4.38. The van der Waals surface area contributed by atoms with Gasteiger partial charge < -0.3 is 9.84 Å². The fourth-order valence-electron chi connectivity index (χ4n) is 2.21. The quantitative estimate of drug-likeness (QED) is 0.783. The molecule has 22 heavy (non-hydrogen) atoms. The molecule has 3 aromatic rings. The number of hydrogen-bond acceptors (Lipinski definition) is 4. The van der Waals surface area contributed by atoms with Gasteiger partial charge in [-0.25, -0.2) is 4.39 Å². The molecular weight excluding hydrogens is 281 g/mol. The summed E-state index contributed by atoms with van der Waals surface area (Å²) in [5, 5.41) is 7.13. The molecule has 0 radical (unpaired) electrons. The van der Waals surface area contributed by atoms with Crippen molar-refractivity contribution in [1.82, 2.24) is 15.5 Å². The molecule has 4 nitrogen and oxygen atoms in total. The van der Waals surface area contributed by atoms with Crippen LogP contribution in [0.4, 0.5) is 4.39 Å². The highest BCUT2D eigenvalue weighted by molar-refractivity contribution is 5.57. The first kappa shape index (κ1) is 14.4. The van der Waals surface area contributed by atoms with Crippen LogP contribution in [0.3, 0.4) is 0 Å². The van der Waals surface area contributed by atoms with Gasteiger partial charge in [-0.2, -0.15) is 4.98 Å². The number of rotatable bonds is 5. The Balaban J connectivity index is 1.62. The van der Waals surface area contributed by atoms with E-state index in [1.807, 2.05) is 37.3 Å². The van der Waals surface area contributed by atoms with E-state index in [4.69, 9.17) is 4.52 Å². The Morgan fingerprint density at radius 3 is 2.77 bits per heavy atom. The number of benzene rings is 2. The smallest absolute Gasteiger partial charge is 0.258 e. The molecule has 112 valence electrons. The number of hydrogen-bond donors (Lipinski definition) is 1. The van der Waals surface area contributed by atoms with Crippen LogP contribution in [0.1, 0.15) is 17.0 Å². The standard InChI is InChI=1S/C17H16FN3O/c1-12-5-2-3-8-15(12)17-20-16(21-22-17)11-19-10-13-6-4-7-14(18)9-13/h2-9,19H,10-11H2,1H3. The summed E-state index contributed by atoms with van der Waals surface area (Å²) in [6.45, 7) is 3.01. The maximum absolute atomic E-state index is 13.1. The molecule has 0 saturated heterocycles. The average Bonchev–Trinajstić information content (AvgIpc) is 2.96. The second-order valence-electron chi connectivity index (χ2n) is 5.06. The van der Waals surface area contributed by atoms with Crippen molar-refractivity contribution in [2.75, 3.05) is 0 Å². The monoisotopic (exact) mass is 297 g/mol. The van der Waals surface area contributed by atoms with E-state index in [9.17, 15) is 4.39 Å². The van der Waals surface area contributed by atoms with Crippen molar-refractivity contribution in [3.8, 4) is 11.5 Å². The van der Waals surface area contributed by atoms with Crippen molar-refractivity contribution in [3.05, 3.63) is 71.3 Å². The molecule has 0 aliphatic rings. The minimum absolute atomic E-state index is 0.235. The predicted molar refractivity (Wildman–Crippen MR) is 81.4 cm³/mol. The van der Waals surface area contributed by atoms with Gasteiger partial charge in [0.2, 0.25) is 0 Å². The Labute approximate surface area is 128 Å². The third kappa shape index (κ3) is 3.38. The fourth-order valence-corrected chi connectivity index (χ4v) is 2.21. The molecule has 1 N–H and O–H groups in total. The summed E-state index contributed by atoms with van der Waals surface area (Å²) < 4.78 is 18.4. The van der Waals surface area contributed by atoms with Gasteiger partial charge in [-0.15, -0.1) is 0 Å². The highest BCUT2D eigenvalue weighted by Crippen LogP contribution is 2.20. The van der Waals surface area contributed by atoms with Crippen LogP contribution in [0.2, 0.25) is 0 Å². The van der Waals surface area contributed by atoms with Gasteiger partial charge in [0.05, 0.1) is 6.54 Å². The van der Waals surface area contributed by atoms with Crippen LogP contribution in [0.25, 0.3) is 11.5 Å². The van der Waals surface area contributed by atoms with Crippen molar-refractivity contribution < 1.29 is 8.91 Å². The lowest BCUT2D eigenvalue weighted by Gasteiger charge is -2.02. The zero-order valence-electron chi connectivity index (χ0n) is 12.2. The van der Waals surface area contributed by atoms with Crippen LogP contribution in [0, 0.1) is 12.7 Å². The number of aromatic nitrogens is 2. The minimum atomic E-state index is -0.235. The fraction of sp³-hybridized carbons (Fsp3) is 0.176. The summed E-state index contributed by atoms with van der Waals surface area (Å²) in [6.07, 6.45) is 0. The summed E-state index contributed by atoms with van der Waals surface area (Å²) in [5.74, 6) is 0.857. The zero-order valence-corrected chi connectivity index (χ0v) is 12.2. The Bertz CT molecular complexity index is 770. The van der Waals surface area contributed by atoms with Crippen molar-refractivity contribution in [3.63, 3.8) is 0 Å². The van der Waals surface area contributed by atoms with E-state index in [0.29, 0.717) is 24.8 Å². The molecule has 0 fully saturated rings. The lowest BCUT2D eigenvalue weighted by Crippen LogP contribution is -2.13. The molecule has 0 saturated carbocycles. The Kier molecular flexibility index (Phi) is 4.25. The van der Waals surface area contributed by atoms with E-state index in [1.54, 1.807) is 6.07 Å². The summed E-state index contributed by atoms with van der Waals surface area (Å²) in [7, 11) is 0. The molecule has 0 aliphatic carbocycles. The first-order chi connectivity index (χ1) is 10.7. The van der Waals surface area contributed by atoms with Crippen LogP contribution in [0.5, 0.6) is 0 Å². The minimum Gasteiger partial charge on any atom is -0.334 e. The molecule has 3 rings (SSSR count). The predicted octanol–water partition coefficient (Wildman–Crippen LogP) is 3.47. The number of nitrogens with one attached hydrogen (secondary N) is 1. The number of nitrogens with zero attached hydrogens (tertiary/aromatic N) is 2. The molecule has 0 bridgehead atoms. The van der Waals surface area contributed by atoms with Gasteiger partial charge in [0.15, 0.2) is 5.82 Å². The molecule has 2 aromatic carbocycles. The van der Waals surface area contributed by atoms with Crippen LogP contribution < -0.4 is 5.32 Å². The largest absolute Gasteiger partial charge is 0.334 e. The first-order valence-electron chi connectivity index (χ1n) is 7.06. The van der Waals surface area contributed by atoms with Gasteiger partial charge in [0.25, 0.3) is 5.89 Å². The Hall–Kier alpha value is -2.53. The average molecular weight is 297 g/mol. The van der Waals surface area contributed by atoms with Crippen molar-refractivity contribution in [1.29, 1.82) is 0 Å². The summed E-state index contributed by atoms with van der Waals surface area (Å²) in [6, 6.07) is 14.3. The van der Waals surface area contributed by atoms with E-state index >= 15 is 0 Å². The van der Waals surface area contributed by atoms with Crippen LogP contribution >= 0.6 is 0 Å². The third-order valence-electron chi connectivity index (χ3n) is 3.34. The lowest BCUT2D eigenvalue weighted by atomic mass is 10.1. The lowest BCUT2D eigenvalue weighted by molar-refractivity contribution is 0.419. The Morgan fingerprint density at radius 1 is 1.09 bits per heavy atom. The van der Waals surface area contributed by atoms with Crippen molar-refractivity contribution in [2.24, 2.45) is 0 Å². The van der Waals surface area contributed by atoms with Crippen LogP contribution in [-0.4, -0.2) is 10.1 Å². The molecule has 0 unspecified atom stereocenters. The molecular formula is C17H16FN3O. The Morgan fingerprint density at radius 2 is 1.95 bits per heavy atom. The molecule has 0 atom stereocenters. The topological polar surface area (TPSA) is 51.0 Å². The SMILES string of the molecule is Cc1ccccc1-c1nc(CNCc2cccc(F)c2)no1.